The highest BCUT2D eigenvalue weighted by molar-refractivity contribution is 7.91. The molecule has 2 aromatic carbocycles. The molecule has 0 saturated carbocycles. The summed E-state index contributed by atoms with van der Waals surface area (Å²) in [4.78, 5) is 37.0. The summed E-state index contributed by atoms with van der Waals surface area (Å²) in [5.74, 6) is -1.58. The highest BCUT2D eigenvalue weighted by Gasteiger charge is 2.35. The van der Waals surface area contributed by atoms with Gasteiger partial charge < -0.3 is 4.74 Å². The first kappa shape index (κ1) is 22.1. The van der Waals surface area contributed by atoms with Crippen LogP contribution >= 0.6 is 0 Å². The van der Waals surface area contributed by atoms with E-state index >= 15 is 0 Å². The van der Waals surface area contributed by atoms with Crippen molar-refractivity contribution >= 4 is 9.84 Å². The lowest BCUT2D eigenvalue weighted by Gasteiger charge is -2.10. The molecule has 0 saturated heterocycles. The van der Waals surface area contributed by atoms with Crippen molar-refractivity contribution in [3.05, 3.63) is 80.0 Å². The topological polar surface area (TPSA) is 120 Å². The fraction of sp³-hybridized carbons (Fsp3) is 0.167. The second kappa shape index (κ2) is 7.91. The molecule has 0 aliphatic carbocycles. The Morgan fingerprint density at radius 1 is 0.903 bits per heavy atom. The van der Waals surface area contributed by atoms with E-state index < -0.39 is 43.7 Å². The predicted molar refractivity (Wildman–Crippen MR) is 103 cm³/mol. The minimum absolute atomic E-state index is 0.149. The average Bonchev–Trinajstić information content (AvgIpc) is 2.66. The number of aromatic amines is 1. The normalized spacial score (nSPS) is 12.0. The van der Waals surface area contributed by atoms with Gasteiger partial charge in [-0.3, -0.25) is 4.98 Å². The SMILES string of the molecule is Cn1c(=O)[nH]c(=O)n(-c2ccc(Oc3ccc(S(=O)(=O)CC(F)(F)F)cc3)cc2)c1=O. The Kier molecular flexibility index (Phi) is 5.63. The van der Waals surface area contributed by atoms with Crippen LogP contribution in [0.15, 0.2) is 67.8 Å². The second-order valence-electron chi connectivity index (χ2n) is 6.35. The first-order chi connectivity index (χ1) is 14.4. The number of aromatic nitrogens is 3. The lowest BCUT2D eigenvalue weighted by Crippen LogP contribution is -2.47. The summed E-state index contributed by atoms with van der Waals surface area (Å²) in [5, 5.41) is 0. The van der Waals surface area contributed by atoms with E-state index in [-0.39, 0.29) is 17.2 Å². The fourth-order valence-electron chi connectivity index (χ4n) is 2.60. The molecule has 0 aliphatic rings. The molecule has 0 atom stereocenters. The largest absolute Gasteiger partial charge is 0.457 e. The molecule has 0 fully saturated rings. The van der Waals surface area contributed by atoms with Crippen molar-refractivity contribution in [3.63, 3.8) is 0 Å². The number of ether oxygens (including phenoxy) is 1. The van der Waals surface area contributed by atoms with Crippen LogP contribution in [0.1, 0.15) is 0 Å². The fourth-order valence-corrected chi connectivity index (χ4v) is 3.74. The lowest BCUT2D eigenvalue weighted by molar-refractivity contribution is -0.106. The molecule has 0 spiro atoms. The molecule has 13 heteroatoms. The molecular weight excluding hydrogens is 443 g/mol. The summed E-state index contributed by atoms with van der Waals surface area (Å²) in [7, 11) is -3.33. The van der Waals surface area contributed by atoms with Crippen molar-refractivity contribution in [2.24, 2.45) is 7.05 Å². The maximum Gasteiger partial charge on any atom is 0.403 e. The molecule has 1 aromatic heterocycles. The van der Waals surface area contributed by atoms with Gasteiger partial charge in [-0.1, -0.05) is 0 Å². The standard InChI is InChI=1S/C18H14F3N3O6S/c1-23-15(25)22-16(26)24(17(23)27)11-2-4-12(5-3-11)30-13-6-8-14(9-7-13)31(28,29)10-18(19,20)21/h2-9H,10H2,1H3,(H,22,25,26). The highest BCUT2D eigenvalue weighted by Crippen LogP contribution is 2.26. The van der Waals surface area contributed by atoms with Gasteiger partial charge in [-0.2, -0.15) is 13.2 Å². The zero-order valence-corrected chi connectivity index (χ0v) is 16.5. The number of sulfone groups is 1. The van der Waals surface area contributed by atoms with Gasteiger partial charge in [0.1, 0.15) is 11.5 Å². The number of rotatable bonds is 5. The Morgan fingerprint density at radius 3 is 1.94 bits per heavy atom. The number of alkyl halides is 3. The number of H-pyrrole nitrogens is 1. The van der Waals surface area contributed by atoms with Crippen LogP contribution in [0.5, 0.6) is 11.5 Å². The van der Waals surface area contributed by atoms with Crippen molar-refractivity contribution in [1.29, 1.82) is 0 Å². The molecule has 164 valence electrons. The predicted octanol–water partition coefficient (Wildman–Crippen LogP) is 1.35. The van der Waals surface area contributed by atoms with E-state index in [2.05, 4.69) is 0 Å². The molecule has 0 aliphatic heterocycles. The van der Waals surface area contributed by atoms with E-state index in [4.69, 9.17) is 4.74 Å². The van der Waals surface area contributed by atoms with Gasteiger partial charge >= 0.3 is 23.2 Å². The number of nitrogens with one attached hydrogen (secondary N) is 1. The first-order valence-electron chi connectivity index (χ1n) is 8.48. The summed E-state index contributed by atoms with van der Waals surface area (Å²) >= 11 is 0. The first-order valence-corrected chi connectivity index (χ1v) is 10.1. The third-order valence-electron chi connectivity index (χ3n) is 4.07. The molecule has 9 nitrogen and oxygen atoms in total. The van der Waals surface area contributed by atoms with E-state index in [0.29, 0.717) is 0 Å². The van der Waals surface area contributed by atoms with Gasteiger partial charge in [0.05, 0.1) is 10.6 Å². The van der Waals surface area contributed by atoms with E-state index in [0.717, 1.165) is 21.3 Å². The van der Waals surface area contributed by atoms with E-state index in [1.165, 1.54) is 43.4 Å². The third-order valence-corrected chi connectivity index (χ3v) is 5.76. The van der Waals surface area contributed by atoms with E-state index in [1.54, 1.807) is 0 Å². The average molecular weight is 457 g/mol. The van der Waals surface area contributed by atoms with Gasteiger partial charge in [-0.15, -0.1) is 0 Å². The lowest BCUT2D eigenvalue weighted by atomic mass is 10.3. The van der Waals surface area contributed by atoms with Crippen LogP contribution < -0.4 is 21.8 Å². The zero-order valence-electron chi connectivity index (χ0n) is 15.7. The van der Waals surface area contributed by atoms with Gasteiger partial charge in [0.2, 0.25) is 0 Å². The molecule has 3 rings (SSSR count). The van der Waals surface area contributed by atoms with Crippen LogP contribution in [0.3, 0.4) is 0 Å². The molecular formula is C18H14F3N3O6S. The molecule has 0 radical (unpaired) electrons. The Labute approximate surface area is 171 Å². The van der Waals surface area contributed by atoms with Crippen LogP contribution in [0.25, 0.3) is 5.69 Å². The Balaban J connectivity index is 1.81. The molecule has 1 N–H and O–H groups in total. The van der Waals surface area contributed by atoms with Crippen molar-refractivity contribution in [1.82, 2.24) is 14.1 Å². The molecule has 3 aromatic rings. The van der Waals surface area contributed by atoms with Gasteiger partial charge in [-0.25, -0.2) is 31.9 Å². The summed E-state index contributed by atoms with van der Waals surface area (Å²) < 4.78 is 67.6. The van der Waals surface area contributed by atoms with Gasteiger partial charge in [0.25, 0.3) is 0 Å². The number of hydrogen-bond acceptors (Lipinski definition) is 6. The number of hydrogen-bond donors (Lipinski definition) is 1. The van der Waals surface area contributed by atoms with Gasteiger partial charge in [-0.05, 0) is 48.5 Å². The second-order valence-corrected chi connectivity index (χ2v) is 8.34. The van der Waals surface area contributed by atoms with Crippen molar-refractivity contribution in [2.45, 2.75) is 11.1 Å². The molecule has 0 bridgehead atoms. The van der Waals surface area contributed by atoms with Crippen LogP contribution in [-0.4, -0.2) is 34.5 Å². The molecule has 31 heavy (non-hydrogen) atoms. The molecule has 1 heterocycles. The summed E-state index contributed by atoms with van der Waals surface area (Å²) in [6, 6.07) is 9.93. The summed E-state index contributed by atoms with van der Waals surface area (Å²) in [6.07, 6.45) is -4.86. The smallest absolute Gasteiger partial charge is 0.403 e. The number of halogens is 3. The maximum atomic E-state index is 12.4. The van der Waals surface area contributed by atoms with E-state index in [1.807, 2.05) is 4.98 Å². The van der Waals surface area contributed by atoms with Crippen LogP contribution in [-0.2, 0) is 16.9 Å². The summed E-state index contributed by atoms with van der Waals surface area (Å²) in [6.45, 7) is 0. The third kappa shape index (κ3) is 4.94. The Morgan fingerprint density at radius 2 is 1.42 bits per heavy atom. The maximum absolute atomic E-state index is 12.4. The van der Waals surface area contributed by atoms with Crippen LogP contribution in [0, 0.1) is 0 Å². The minimum atomic E-state index is -4.86. The highest BCUT2D eigenvalue weighted by atomic mass is 32.2. The quantitative estimate of drug-likeness (QED) is 0.618. The van der Waals surface area contributed by atoms with Crippen molar-refractivity contribution in [3.8, 4) is 17.2 Å². The van der Waals surface area contributed by atoms with Gasteiger partial charge in [0.15, 0.2) is 15.6 Å². The Hall–Kier alpha value is -3.61. The monoisotopic (exact) mass is 457 g/mol. The molecule has 0 unspecified atom stereocenters. The summed E-state index contributed by atoms with van der Waals surface area (Å²) in [5.41, 5.74) is -2.47. The molecule has 0 amide bonds. The van der Waals surface area contributed by atoms with Gasteiger partial charge in [0, 0.05) is 7.05 Å². The minimum Gasteiger partial charge on any atom is -0.457 e. The van der Waals surface area contributed by atoms with E-state index in [9.17, 15) is 36.0 Å². The number of nitrogens with zero attached hydrogens (tertiary/aromatic N) is 2. The zero-order chi connectivity index (χ0) is 23.0. The number of benzene rings is 2. The Bertz CT molecular complexity index is 1390. The van der Waals surface area contributed by atoms with Crippen LogP contribution in [0.4, 0.5) is 13.2 Å². The van der Waals surface area contributed by atoms with Crippen molar-refractivity contribution in [2.75, 3.05) is 5.75 Å². The van der Waals surface area contributed by atoms with Crippen LogP contribution in [0.2, 0.25) is 0 Å². The van der Waals surface area contributed by atoms with Crippen molar-refractivity contribution < 1.29 is 26.3 Å².